The van der Waals surface area contributed by atoms with Gasteiger partial charge in [-0.05, 0) is 87.0 Å². The molecule has 4 heteroatoms. The molecule has 4 unspecified atom stereocenters. The van der Waals surface area contributed by atoms with Crippen molar-refractivity contribution in [3.05, 3.63) is 12.2 Å². The fraction of sp³-hybridized carbons (Fsp3) is 0.826. The van der Waals surface area contributed by atoms with Crippen LogP contribution in [0.4, 0.5) is 0 Å². The Morgan fingerprint density at radius 1 is 1.15 bits per heavy atom. The van der Waals surface area contributed by atoms with Crippen LogP contribution in [0.2, 0.25) is 0 Å². The van der Waals surface area contributed by atoms with Gasteiger partial charge in [0.05, 0.1) is 5.71 Å². The molecule has 0 saturated heterocycles. The quantitative estimate of drug-likeness (QED) is 0.439. The summed E-state index contributed by atoms with van der Waals surface area (Å²) in [5.74, 6) is 2.99. The second-order valence-electron chi connectivity index (χ2n) is 9.90. The zero-order chi connectivity index (χ0) is 19.1. The molecule has 0 aliphatic heterocycles. The summed E-state index contributed by atoms with van der Waals surface area (Å²) < 4.78 is 0. The molecule has 4 nitrogen and oxygen atoms in total. The summed E-state index contributed by atoms with van der Waals surface area (Å²) in [6.07, 6.45) is 14.4. The molecule has 0 radical (unpaired) electrons. The average Bonchev–Trinajstić information content (AvgIpc) is 2.97. The van der Waals surface area contributed by atoms with Gasteiger partial charge in [-0.2, -0.15) is 0 Å². The van der Waals surface area contributed by atoms with E-state index in [1.807, 2.05) is 0 Å². The summed E-state index contributed by atoms with van der Waals surface area (Å²) in [5.41, 5.74) is 7.06. The molecule has 0 heterocycles. The molecule has 0 spiro atoms. The third-order valence-corrected chi connectivity index (χ3v) is 8.59. The number of carbonyl (C=O) groups is 1. The number of fused-ring (bicyclic) bond motifs is 5. The molecule has 3 saturated carbocycles. The van der Waals surface area contributed by atoms with Gasteiger partial charge in [0.1, 0.15) is 12.4 Å². The molecule has 3 fully saturated rings. The molecule has 4 rings (SSSR count). The highest BCUT2D eigenvalue weighted by Gasteiger charge is 2.58. The predicted molar refractivity (Wildman–Crippen MR) is 108 cm³/mol. The van der Waals surface area contributed by atoms with Crippen molar-refractivity contribution in [3.8, 4) is 0 Å². The van der Waals surface area contributed by atoms with Gasteiger partial charge in [0.2, 0.25) is 0 Å². The lowest BCUT2D eigenvalue weighted by Crippen LogP contribution is -2.51. The van der Waals surface area contributed by atoms with Crippen molar-refractivity contribution >= 4 is 11.5 Å². The van der Waals surface area contributed by atoms with Crippen molar-refractivity contribution in [1.29, 1.82) is 0 Å². The van der Waals surface area contributed by atoms with Crippen molar-refractivity contribution in [2.24, 2.45) is 45.4 Å². The second kappa shape index (κ2) is 7.35. The number of ketones is 1. The van der Waals surface area contributed by atoms with E-state index in [1.165, 1.54) is 18.6 Å². The van der Waals surface area contributed by atoms with E-state index in [0.29, 0.717) is 35.6 Å². The van der Waals surface area contributed by atoms with Crippen molar-refractivity contribution in [3.63, 3.8) is 0 Å². The van der Waals surface area contributed by atoms with Gasteiger partial charge in [-0.3, -0.25) is 4.79 Å². The summed E-state index contributed by atoms with van der Waals surface area (Å²) in [7, 11) is 0. The number of unbranched alkanes of at least 4 members (excludes halogenated alkanes) is 1. The summed E-state index contributed by atoms with van der Waals surface area (Å²) >= 11 is 0. The van der Waals surface area contributed by atoms with Crippen molar-refractivity contribution in [2.45, 2.75) is 71.6 Å². The number of carbonyl (C=O) groups excluding carboxylic acids is 1. The van der Waals surface area contributed by atoms with E-state index in [9.17, 15) is 4.79 Å². The van der Waals surface area contributed by atoms with Gasteiger partial charge in [-0.15, -0.1) is 0 Å². The Morgan fingerprint density at radius 3 is 2.81 bits per heavy atom. The first-order valence-electron chi connectivity index (χ1n) is 11.1. The second-order valence-corrected chi connectivity index (χ2v) is 9.90. The number of nitrogens with zero attached hydrogens (tertiary/aromatic N) is 1. The fourth-order valence-corrected chi connectivity index (χ4v) is 6.73. The van der Waals surface area contributed by atoms with E-state index in [0.717, 1.165) is 57.4 Å². The molecule has 4 aliphatic carbocycles. The van der Waals surface area contributed by atoms with E-state index in [4.69, 9.17) is 10.6 Å². The lowest BCUT2D eigenvalue weighted by molar-refractivity contribution is -0.131. The van der Waals surface area contributed by atoms with Gasteiger partial charge in [0.15, 0.2) is 0 Å². The Hall–Kier alpha value is -1.16. The van der Waals surface area contributed by atoms with Crippen LogP contribution in [-0.2, 0) is 9.63 Å². The molecule has 150 valence electrons. The van der Waals surface area contributed by atoms with Gasteiger partial charge in [-0.1, -0.05) is 31.2 Å². The molecular weight excluding hydrogens is 336 g/mol. The summed E-state index contributed by atoms with van der Waals surface area (Å²) in [6, 6.07) is 0. The predicted octanol–water partition coefficient (Wildman–Crippen LogP) is 4.49. The minimum Gasteiger partial charge on any atom is -0.396 e. The van der Waals surface area contributed by atoms with E-state index >= 15 is 0 Å². The van der Waals surface area contributed by atoms with Gasteiger partial charge in [0.25, 0.3) is 0 Å². The van der Waals surface area contributed by atoms with Crippen molar-refractivity contribution in [1.82, 2.24) is 0 Å². The number of nitrogens with two attached hydrogens (primary N) is 1. The molecule has 0 aromatic carbocycles. The van der Waals surface area contributed by atoms with Crippen LogP contribution in [0.25, 0.3) is 0 Å². The molecule has 0 aromatic rings. The molecule has 27 heavy (non-hydrogen) atoms. The average molecular weight is 373 g/mol. The third-order valence-electron chi connectivity index (χ3n) is 8.59. The lowest BCUT2D eigenvalue weighted by atomic mass is 9.47. The van der Waals surface area contributed by atoms with Crippen LogP contribution in [0.1, 0.15) is 71.6 Å². The Bertz CT molecular complexity index is 642. The third kappa shape index (κ3) is 3.18. The maximum atomic E-state index is 12.5. The fourth-order valence-electron chi connectivity index (χ4n) is 6.73. The molecule has 6 atom stereocenters. The Morgan fingerprint density at radius 2 is 2.00 bits per heavy atom. The van der Waals surface area contributed by atoms with Gasteiger partial charge in [0, 0.05) is 11.8 Å². The topological polar surface area (TPSA) is 64.7 Å². The number of hydrogen-bond acceptors (Lipinski definition) is 4. The number of allylic oxidation sites excluding steroid dienone is 2. The first-order chi connectivity index (χ1) is 13.0. The minimum atomic E-state index is -0.0483. The molecule has 0 bridgehead atoms. The van der Waals surface area contributed by atoms with E-state index < -0.39 is 0 Å². The van der Waals surface area contributed by atoms with E-state index in [2.05, 4.69) is 31.2 Å². The molecule has 0 aromatic heterocycles. The molecular formula is C23H36N2O2. The number of rotatable bonds is 5. The Kier molecular flexibility index (Phi) is 5.22. The Balaban J connectivity index is 1.46. The number of Topliss-reactive ketones (excluding diaryl/α,β-unsaturated/α-hetero) is 1. The van der Waals surface area contributed by atoms with Gasteiger partial charge < -0.3 is 10.6 Å². The maximum absolute atomic E-state index is 12.5. The van der Waals surface area contributed by atoms with Gasteiger partial charge >= 0.3 is 0 Å². The Labute approximate surface area is 164 Å². The zero-order valence-corrected chi connectivity index (χ0v) is 17.1. The van der Waals surface area contributed by atoms with Crippen LogP contribution in [0, 0.1) is 34.5 Å². The van der Waals surface area contributed by atoms with Crippen LogP contribution < -0.4 is 5.73 Å². The summed E-state index contributed by atoms with van der Waals surface area (Å²) in [4.78, 5) is 18.1. The first-order valence-corrected chi connectivity index (χ1v) is 11.1. The van der Waals surface area contributed by atoms with Crippen molar-refractivity contribution < 1.29 is 9.63 Å². The standard InChI is InChI=1S/C23H36N2O2/c1-22-11-9-17(25-27-14-4-3-13-24)15-16(22)5-6-18-19-7-8-21(26)23(19,2)12-10-20(18)22/h5-6,16,18-20H,3-4,7-15,24H2,1-2H3/b25-17-/t16?,18?,19?,20?,22-,23-/m0/s1. The van der Waals surface area contributed by atoms with Crippen LogP contribution in [0.3, 0.4) is 0 Å². The highest BCUT2D eigenvalue weighted by molar-refractivity contribution is 5.87. The largest absolute Gasteiger partial charge is 0.396 e. The zero-order valence-electron chi connectivity index (χ0n) is 17.1. The SMILES string of the molecule is C[C@]12CC/C(=N/OCCCCN)CC1C=CC1C2CC[C@]2(C)C(=O)CCC12. The minimum absolute atomic E-state index is 0.0483. The highest BCUT2D eigenvalue weighted by atomic mass is 16.6. The van der Waals surface area contributed by atoms with Crippen molar-refractivity contribution in [2.75, 3.05) is 13.2 Å². The monoisotopic (exact) mass is 372 g/mol. The summed E-state index contributed by atoms with van der Waals surface area (Å²) in [5, 5.41) is 4.45. The number of hydrogen-bond donors (Lipinski definition) is 1. The highest BCUT2D eigenvalue weighted by Crippen LogP contribution is 2.63. The lowest BCUT2D eigenvalue weighted by Gasteiger charge is -2.57. The molecule has 2 N–H and O–H groups in total. The molecule has 4 aliphatic rings. The van der Waals surface area contributed by atoms with E-state index in [1.54, 1.807) is 0 Å². The van der Waals surface area contributed by atoms with Crippen LogP contribution in [-0.4, -0.2) is 24.6 Å². The van der Waals surface area contributed by atoms with Crippen LogP contribution in [0.15, 0.2) is 17.3 Å². The van der Waals surface area contributed by atoms with Crippen LogP contribution in [0.5, 0.6) is 0 Å². The number of oxime groups is 1. The smallest absolute Gasteiger partial charge is 0.139 e. The van der Waals surface area contributed by atoms with Crippen LogP contribution >= 0.6 is 0 Å². The first kappa shape index (κ1) is 19.2. The summed E-state index contributed by atoms with van der Waals surface area (Å²) in [6.45, 7) is 6.16. The van der Waals surface area contributed by atoms with E-state index in [-0.39, 0.29) is 5.41 Å². The van der Waals surface area contributed by atoms with Gasteiger partial charge in [-0.25, -0.2) is 0 Å². The molecule has 0 amide bonds. The maximum Gasteiger partial charge on any atom is 0.139 e. The normalized spacial score (nSPS) is 44.7.